The molecule has 1 unspecified atom stereocenters. The van der Waals surface area contributed by atoms with Crippen LogP contribution in [0.15, 0.2) is 0 Å². The van der Waals surface area contributed by atoms with E-state index in [-0.39, 0.29) is 11.8 Å². The van der Waals surface area contributed by atoms with Crippen molar-refractivity contribution in [3.05, 3.63) is 0 Å². The summed E-state index contributed by atoms with van der Waals surface area (Å²) < 4.78 is 0. The number of nitrogens with one attached hydrogen (secondary N) is 2. The van der Waals surface area contributed by atoms with Crippen LogP contribution < -0.4 is 10.6 Å². The molecule has 2 N–H and O–H groups in total. The Bertz CT molecular complexity index is 166. The third-order valence-electron chi connectivity index (χ3n) is 2.59. The molecule has 1 fully saturated rings. The smallest absolute Gasteiger partial charge is 0.223 e. The van der Waals surface area contributed by atoms with E-state index in [9.17, 15) is 4.79 Å². The maximum atomic E-state index is 11.4. The summed E-state index contributed by atoms with van der Waals surface area (Å²) in [6.45, 7) is 6.69. The van der Waals surface area contributed by atoms with E-state index in [0.29, 0.717) is 5.92 Å². The van der Waals surface area contributed by atoms with E-state index in [1.165, 1.54) is 12.8 Å². The molecule has 0 heterocycles. The summed E-state index contributed by atoms with van der Waals surface area (Å²) in [5.41, 5.74) is 0. The first-order chi connectivity index (χ1) is 6.25. The van der Waals surface area contributed by atoms with Crippen molar-refractivity contribution in [3.8, 4) is 0 Å². The molecule has 0 bridgehead atoms. The number of carbonyl (C=O) groups excluding carboxylic acids is 1. The highest BCUT2D eigenvalue weighted by Gasteiger charge is 2.32. The Hall–Kier alpha value is -0.570. The van der Waals surface area contributed by atoms with E-state index in [2.05, 4.69) is 17.6 Å². The van der Waals surface area contributed by atoms with Crippen LogP contribution in [-0.4, -0.2) is 25.5 Å². The molecule has 3 nitrogen and oxygen atoms in total. The lowest BCUT2D eigenvalue weighted by atomic mass is 10.1. The van der Waals surface area contributed by atoms with E-state index in [1.54, 1.807) is 0 Å². The van der Waals surface area contributed by atoms with Crippen LogP contribution >= 0.6 is 0 Å². The van der Waals surface area contributed by atoms with Gasteiger partial charge in [-0.25, -0.2) is 0 Å². The number of likely N-dealkylation sites (N-methyl/N-ethyl adjacent to an activating group) is 1. The summed E-state index contributed by atoms with van der Waals surface area (Å²) in [6, 6.07) is 0. The summed E-state index contributed by atoms with van der Waals surface area (Å²) in [5, 5.41) is 6.11. The molecule has 1 atom stereocenters. The second-order valence-electron chi connectivity index (χ2n) is 3.77. The van der Waals surface area contributed by atoms with Gasteiger partial charge in [0.05, 0.1) is 0 Å². The Morgan fingerprint density at radius 3 is 2.69 bits per heavy atom. The molecule has 1 saturated carbocycles. The van der Waals surface area contributed by atoms with Crippen molar-refractivity contribution in [2.45, 2.75) is 26.7 Å². The van der Waals surface area contributed by atoms with Crippen LogP contribution in [0.1, 0.15) is 26.7 Å². The van der Waals surface area contributed by atoms with E-state index in [1.807, 2.05) is 6.92 Å². The molecule has 0 aromatic carbocycles. The monoisotopic (exact) mass is 184 g/mol. The van der Waals surface area contributed by atoms with E-state index >= 15 is 0 Å². The molecule has 0 saturated heterocycles. The molecule has 13 heavy (non-hydrogen) atoms. The average molecular weight is 184 g/mol. The van der Waals surface area contributed by atoms with E-state index < -0.39 is 0 Å². The lowest BCUT2D eigenvalue weighted by Gasteiger charge is -2.10. The van der Waals surface area contributed by atoms with Crippen LogP contribution in [0.2, 0.25) is 0 Å². The van der Waals surface area contributed by atoms with Gasteiger partial charge in [0.25, 0.3) is 0 Å². The minimum Gasteiger partial charge on any atom is -0.355 e. The van der Waals surface area contributed by atoms with Crippen LogP contribution in [0.25, 0.3) is 0 Å². The van der Waals surface area contributed by atoms with Gasteiger partial charge in [0, 0.05) is 19.0 Å². The molecule has 0 aromatic rings. The maximum Gasteiger partial charge on any atom is 0.223 e. The van der Waals surface area contributed by atoms with E-state index in [0.717, 1.165) is 19.6 Å². The zero-order valence-electron chi connectivity index (χ0n) is 8.60. The van der Waals surface area contributed by atoms with Gasteiger partial charge >= 0.3 is 0 Å². The zero-order chi connectivity index (χ0) is 9.68. The predicted octanol–water partition coefficient (Wildman–Crippen LogP) is 0.758. The Morgan fingerprint density at radius 2 is 2.15 bits per heavy atom. The van der Waals surface area contributed by atoms with Gasteiger partial charge in [-0.1, -0.05) is 13.8 Å². The lowest BCUT2D eigenvalue weighted by Crippen LogP contribution is -2.35. The molecule has 1 aliphatic rings. The molecular weight excluding hydrogens is 164 g/mol. The van der Waals surface area contributed by atoms with Crippen molar-refractivity contribution in [2.75, 3.05) is 19.6 Å². The van der Waals surface area contributed by atoms with Crippen molar-refractivity contribution in [2.24, 2.45) is 11.8 Å². The average Bonchev–Trinajstić information content (AvgIpc) is 2.94. The first kappa shape index (κ1) is 10.5. The molecule has 0 spiro atoms. The van der Waals surface area contributed by atoms with Crippen molar-refractivity contribution in [3.63, 3.8) is 0 Å². The summed E-state index contributed by atoms with van der Waals surface area (Å²) >= 11 is 0. The number of carbonyl (C=O) groups is 1. The maximum absolute atomic E-state index is 11.4. The largest absolute Gasteiger partial charge is 0.355 e. The predicted molar refractivity (Wildman–Crippen MR) is 53.4 cm³/mol. The van der Waals surface area contributed by atoms with Crippen LogP contribution in [0.3, 0.4) is 0 Å². The van der Waals surface area contributed by atoms with Gasteiger partial charge in [0.15, 0.2) is 0 Å². The highest BCUT2D eigenvalue weighted by atomic mass is 16.1. The van der Waals surface area contributed by atoms with Crippen LogP contribution in [-0.2, 0) is 4.79 Å². The zero-order valence-corrected chi connectivity index (χ0v) is 8.60. The SMILES string of the molecule is CCNCCNC(=O)C(C)C1CC1. The molecular formula is C10H20N2O. The Labute approximate surface area is 80.3 Å². The summed E-state index contributed by atoms with van der Waals surface area (Å²) in [5.74, 6) is 1.11. The van der Waals surface area contributed by atoms with Crippen LogP contribution in [0.5, 0.6) is 0 Å². The fourth-order valence-corrected chi connectivity index (χ4v) is 1.42. The van der Waals surface area contributed by atoms with Gasteiger partial charge in [-0.2, -0.15) is 0 Å². The summed E-state index contributed by atoms with van der Waals surface area (Å²) in [7, 11) is 0. The lowest BCUT2D eigenvalue weighted by molar-refractivity contribution is -0.125. The van der Waals surface area contributed by atoms with Crippen LogP contribution in [0, 0.1) is 11.8 Å². The molecule has 76 valence electrons. The fraction of sp³-hybridized carbons (Fsp3) is 0.900. The second-order valence-corrected chi connectivity index (χ2v) is 3.77. The van der Waals surface area contributed by atoms with Crippen molar-refractivity contribution >= 4 is 5.91 Å². The number of hydrogen-bond acceptors (Lipinski definition) is 2. The molecule has 3 heteroatoms. The fourth-order valence-electron chi connectivity index (χ4n) is 1.42. The van der Waals surface area contributed by atoms with Gasteiger partial charge in [0.1, 0.15) is 0 Å². The highest BCUT2D eigenvalue weighted by Crippen LogP contribution is 2.36. The Balaban J connectivity index is 2.02. The highest BCUT2D eigenvalue weighted by molar-refractivity contribution is 5.78. The van der Waals surface area contributed by atoms with Gasteiger partial charge in [-0.3, -0.25) is 4.79 Å². The third kappa shape index (κ3) is 3.77. The van der Waals surface area contributed by atoms with Crippen molar-refractivity contribution in [1.82, 2.24) is 10.6 Å². The Morgan fingerprint density at radius 1 is 1.46 bits per heavy atom. The molecule has 0 aromatic heterocycles. The van der Waals surface area contributed by atoms with Crippen molar-refractivity contribution < 1.29 is 4.79 Å². The van der Waals surface area contributed by atoms with Gasteiger partial charge in [-0.15, -0.1) is 0 Å². The Kier molecular flexibility index (Phi) is 4.22. The van der Waals surface area contributed by atoms with Gasteiger partial charge < -0.3 is 10.6 Å². The number of hydrogen-bond donors (Lipinski definition) is 2. The minimum absolute atomic E-state index is 0.223. The number of amides is 1. The number of rotatable bonds is 6. The summed E-state index contributed by atoms with van der Waals surface area (Å²) in [4.78, 5) is 11.4. The molecule has 1 amide bonds. The van der Waals surface area contributed by atoms with Crippen molar-refractivity contribution in [1.29, 1.82) is 0 Å². The molecule has 0 aliphatic heterocycles. The standard InChI is InChI=1S/C10H20N2O/c1-3-11-6-7-12-10(13)8(2)9-4-5-9/h8-9,11H,3-7H2,1-2H3,(H,12,13). The van der Waals surface area contributed by atoms with Gasteiger partial charge in [0.2, 0.25) is 5.91 Å². The first-order valence-corrected chi connectivity index (χ1v) is 5.24. The second kappa shape index (κ2) is 5.22. The third-order valence-corrected chi connectivity index (χ3v) is 2.59. The minimum atomic E-state index is 0.223. The first-order valence-electron chi connectivity index (χ1n) is 5.24. The normalized spacial score (nSPS) is 18.3. The summed E-state index contributed by atoms with van der Waals surface area (Å²) in [6.07, 6.45) is 2.48. The van der Waals surface area contributed by atoms with Crippen LogP contribution in [0.4, 0.5) is 0 Å². The molecule has 1 rings (SSSR count). The van der Waals surface area contributed by atoms with E-state index in [4.69, 9.17) is 0 Å². The topological polar surface area (TPSA) is 41.1 Å². The van der Waals surface area contributed by atoms with Gasteiger partial charge in [-0.05, 0) is 25.3 Å². The molecule has 0 radical (unpaired) electrons. The molecule has 1 aliphatic carbocycles. The quantitative estimate of drug-likeness (QED) is 0.598.